The molecule has 0 aromatic heterocycles. The van der Waals surface area contributed by atoms with Gasteiger partial charge in [0.05, 0.1) is 25.9 Å². The van der Waals surface area contributed by atoms with E-state index in [-0.39, 0.29) is 17.7 Å². The molecule has 14 heavy (non-hydrogen) atoms. The van der Waals surface area contributed by atoms with Crippen molar-refractivity contribution in [2.45, 2.75) is 18.9 Å². The first-order valence-electron chi connectivity index (χ1n) is 5.30. The van der Waals surface area contributed by atoms with E-state index in [0.29, 0.717) is 19.8 Å². The van der Waals surface area contributed by atoms with Gasteiger partial charge in [0.25, 0.3) is 0 Å². The van der Waals surface area contributed by atoms with E-state index in [1.165, 1.54) is 0 Å². The number of Topliss-reactive ketones (excluding diaryl/α,β-unsaturated/α-hetero) is 1. The Morgan fingerprint density at radius 3 is 2.71 bits per heavy atom. The Balaban J connectivity index is 1.85. The molecular formula is C10H17NO3. The molecular weight excluding hydrogens is 182 g/mol. The number of ether oxygens (including phenoxy) is 2. The van der Waals surface area contributed by atoms with Crippen molar-refractivity contribution in [3.8, 4) is 0 Å². The van der Waals surface area contributed by atoms with Gasteiger partial charge in [0.2, 0.25) is 0 Å². The molecule has 4 nitrogen and oxygen atoms in total. The molecule has 0 bridgehead atoms. The molecule has 2 atom stereocenters. The van der Waals surface area contributed by atoms with Crippen molar-refractivity contribution in [1.29, 1.82) is 0 Å². The molecule has 2 unspecified atom stereocenters. The molecule has 2 heterocycles. The second kappa shape index (κ2) is 4.87. The Hall–Kier alpha value is -0.450. The van der Waals surface area contributed by atoms with Crippen LogP contribution in [0.25, 0.3) is 0 Å². The Morgan fingerprint density at radius 1 is 1.21 bits per heavy atom. The summed E-state index contributed by atoms with van der Waals surface area (Å²) in [5.74, 6) is 0.354. The quantitative estimate of drug-likeness (QED) is 0.678. The van der Waals surface area contributed by atoms with Crippen molar-refractivity contribution >= 4 is 5.78 Å². The van der Waals surface area contributed by atoms with Gasteiger partial charge < -0.3 is 14.8 Å². The molecule has 80 valence electrons. The van der Waals surface area contributed by atoms with E-state index in [1.807, 2.05) is 0 Å². The number of morpholine rings is 1. The minimum Gasteiger partial charge on any atom is -0.381 e. The normalized spacial score (nSPS) is 34.0. The van der Waals surface area contributed by atoms with E-state index < -0.39 is 0 Å². The van der Waals surface area contributed by atoms with Crippen LogP contribution in [0, 0.1) is 5.92 Å². The van der Waals surface area contributed by atoms with Crippen LogP contribution in [0.15, 0.2) is 0 Å². The van der Waals surface area contributed by atoms with Crippen LogP contribution in [0.2, 0.25) is 0 Å². The highest BCUT2D eigenvalue weighted by Gasteiger charge is 2.29. The van der Waals surface area contributed by atoms with Crippen molar-refractivity contribution in [2.24, 2.45) is 5.92 Å². The monoisotopic (exact) mass is 199 g/mol. The fourth-order valence-corrected chi connectivity index (χ4v) is 2.00. The van der Waals surface area contributed by atoms with Gasteiger partial charge in [-0.3, -0.25) is 4.79 Å². The molecule has 0 spiro atoms. The van der Waals surface area contributed by atoms with E-state index in [4.69, 9.17) is 9.47 Å². The number of carbonyl (C=O) groups excluding carboxylic acids is 1. The minimum atomic E-state index is -0.101. The number of hydrogen-bond acceptors (Lipinski definition) is 4. The first-order valence-corrected chi connectivity index (χ1v) is 5.30. The molecule has 2 saturated heterocycles. The summed E-state index contributed by atoms with van der Waals surface area (Å²) in [6.07, 6.45) is 1.97. The van der Waals surface area contributed by atoms with Crippen molar-refractivity contribution in [2.75, 3.05) is 33.0 Å². The van der Waals surface area contributed by atoms with Gasteiger partial charge in [-0.25, -0.2) is 0 Å². The van der Waals surface area contributed by atoms with E-state index in [2.05, 4.69) is 5.32 Å². The molecule has 0 aromatic rings. The van der Waals surface area contributed by atoms with E-state index in [9.17, 15) is 4.79 Å². The largest absolute Gasteiger partial charge is 0.381 e. The van der Waals surface area contributed by atoms with Crippen LogP contribution in [-0.2, 0) is 14.3 Å². The van der Waals surface area contributed by atoms with Crippen molar-refractivity contribution in [3.05, 3.63) is 0 Å². The number of ketones is 1. The molecule has 1 N–H and O–H groups in total. The number of hydrogen-bond donors (Lipinski definition) is 1. The van der Waals surface area contributed by atoms with Gasteiger partial charge in [0.15, 0.2) is 5.78 Å². The summed E-state index contributed by atoms with van der Waals surface area (Å²) in [4.78, 5) is 11.9. The number of nitrogens with one attached hydrogen (secondary N) is 1. The molecule has 2 aliphatic heterocycles. The predicted molar refractivity (Wildman–Crippen MR) is 51.2 cm³/mol. The summed E-state index contributed by atoms with van der Waals surface area (Å²) in [6.45, 7) is 3.42. The Kier molecular flexibility index (Phi) is 3.50. The summed E-state index contributed by atoms with van der Waals surface area (Å²) < 4.78 is 10.6. The highest BCUT2D eigenvalue weighted by Crippen LogP contribution is 2.16. The lowest BCUT2D eigenvalue weighted by atomic mass is 9.93. The van der Waals surface area contributed by atoms with Crippen LogP contribution in [-0.4, -0.2) is 44.8 Å². The molecule has 0 amide bonds. The van der Waals surface area contributed by atoms with E-state index >= 15 is 0 Å². The first kappa shape index (κ1) is 10.1. The number of carbonyl (C=O) groups is 1. The molecule has 4 heteroatoms. The third-order valence-electron chi connectivity index (χ3n) is 2.83. The Morgan fingerprint density at radius 2 is 2.07 bits per heavy atom. The molecule has 0 saturated carbocycles. The van der Waals surface area contributed by atoms with Crippen LogP contribution in [0.3, 0.4) is 0 Å². The van der Waals surface area contributed by atoms with Gasteiger partial charge in [-0.05, 0) is 12.8 Å². The lowest BCUT2D eigenvalue weighted by Crippen LogP contribution is -2.49. The average Bonchev–Trinajstić information content (AvgIpc) is 2.30. The zero-order chi connectivity index (χ0) is 9.80. The maximum atomic E-state index is 11.9. The third kappa shape index (κ3) is 2.32. The zero-order valence-electron chi connectivity index (χ0n) is 8.33. The third-order valence-corrected chi connectivity index (χ3v) is 2.83. The highest BCUT2D eigenvalue weighted by molar-refractivity contribution is 5.86. The van der Waals surface area contributed by atoms with Gasteiger partial charge in [0, 0.05) is 19.1 Å². The van der Waals surface area contributed by atoms with Gasteiger partial charge in [0.1, 0.15) is 0 Å². The smallest absolute Gasteiger partial charge is 0.157 e. The Labute approximate surface area is 84.0 Å². The summed E-state index contributed by atoms with van der Waals surface area (Å²) in [7, 11) is 0. The molecule has 2 rings (SSSR count). The SMILES string of the molecule is O=C(C1CCCOC1)C1COCCN1. The summed E-state index contributed by atoms with van der Waals surface area (Å²) in [5, 5.41) is 3.19. The van der Waals surface area contributed by atoms with Crippen molar-refractivity contribution in [1.82, 2.24) is 5.32 Å². The second-order valence-electron chi connectivity index (χ2n) is 3.90. The molecule has 2 aliphatic rings. The van der Waals surface area contributed by atoms with Gasteiger partial charge in [-0.2, -0.15) is 0 Å². The maximum Gasteiger partial charge on any atom is 0.157 e. The lowest BCUT2D eigenvalue weighted by Gasteiger charge is -2.28. The van der Waals surface area contributed by atoms with Gasteiger partial charge >= 0.3 is 0 Å². The van der Waals surface area contributed by atoms with Crippen LogP contribution < -0.4 is 5.32 Å². The Bertz CT molecular complexity index is 176. The lowest BCUT2D eigenvalue weighted by molar-refractivity contribution is -0.131. The van der Waals surface area contributed by atoms with Crippen LogP contribution >= 0.6 is 0 Å². The maximum absolute atomic E-state index is 11.9. The summed E-state index contributed by atoms with van der Waals surface area (Å²) in [6, 6.07) is -0.101. The van der Waals surface area contributed by atoms with Gasteiger partial charge in [-0.1, -0.05) is 0 Å². The fraction of sp³-hybridized carbons (Fsp3) is 0.900. The molecule has 2 fully saturated rings. The van der Waals surface area contributed by atoms with Crippen LogP contribution in [0.1, 0.15) is 12.8 Å². The standard InChI is InChI=1S/C10H17NO3/c12-10(8-2-1-4-13-6-8)9-7-14-5-3-11-9/h8-9,11H,1-7H2. The second-order valence-corrected chi connectivity index (χ2v) is 3.90. The topological polar surface area (TPSA) is 47.6 Å². The highest BCUT2D eigenvalue weighted by atomic mass is 16.5. The molecule has 0 aromatic carbocycles. The van der Waals surface area contributed by atoms with Crippen molar-refractivity contribution in [3.63, 3.8) is 0 Å². The summed E-state index contributed by atoms with van der Waals surface area (Å²) in [5.41, 5.74) is 0. The van der Waals surface area contributed by atoms with E-state index in [0.717, 1.165) is 26.0 Å². The minimum absolute atomic E-state index is 0.0861. The average molecular weight is 199 g/mol. The fourth-order valence-electron chi connectivity index (χ4n) is 2.00. The number of rotatable bonds is 2. The van der Waals surface area contributed by atoms with Crippen LogP contribution in [0.5, 0.6) is 0 Å². The predicted octanol–water partition coefficient (Wildman–Crippen LogP) is -0.0295. The van der Waals surface area contributed by atoms with Crippen LogP contribution in [0.4, 0.5) is 0 Å². The summed E-state index contributed by atoms with van der Waals surface area (Å²) >= 11 is 0. The molecule has 0 radical (unpaired) electrons. The van der Waals surface area contributed by atoms with Gasteiger partial charge in [-0.15, -0.1) is 0 Å². The van der Waals surface area contributed by atoms with Crippen molar-refractivity contribution < 1.29 is 14.3 Å². The van der Waals surface area contributed by atoms with E-state index in [1.54, 1.807) is 0 Å². The zero-order valence-corrected chi connectivity index (χ0v) is 8.33. The molecule has 0 aliphatic carbocycles. The first-order chi connectivity index (χ1) is 6.88.